The molecule has 0 saturated carbocycles. The number of nitrogens with zero attached hydrogens (tertiary/aromatic N) is 3. The van der Waals surface area contributed by atoms with Crippen molar-refractivity contribution in [1.82, 2.24) is 14.8 Å². The molecule has 2 aromatic carbocycles. The molecule has 0 bridgehead atoms. The van der Waals surface area contributed by atoms with Crippen molar-refractivity contribution in [2.75, 3.05) is 11.1 Å². The summed E-state index contributed by atoms with van der Waals surface area (Å²) in [7, 11) is 1.92. The van der Waals surface area contributed by atoms with Gasteiger partial charge in [0.2, 0.25) is 5.91 Å². The summed E-state index contributed by atoms with van der Waals surface area (Å²) in [6.07, 6.45) is 0.849. The highest BCUT2D eigenvalue weighted by Gasteiger charge is 2.38. The topological polar surface area (TPSA) is 98.5 Å². The Hall–Kier alpha value is -2.72. The van der Waals surface area contributed by atoms with Gasteiger partial charge in [-0.25, -0.2) is 0 Å². The minimum absolute atomic E-state index is 0.00467. The monoisotopic (exact) mass is 468 g/mol. The van der Waals surface area contributed by atoms with E-state index in [1.54, 1.807) is 18.1 Å². The number of nitrogens with one attached hydrogen (secondary N) is 1. The molecule has 9 heteroatoms. The molecule has 4 atom stereocenters. The van der Waals surface area contributed by atoms with Crippen molar-refractivity contribution in [3.63, 3.8) is 0 Å². The maximum absolute atomic E-state index is 11.3. The average molecular weight is 469 g/mol. The van der Waals surface area contributed by atoms with E-state index in [0.717, 1.165) is 27.5 Å². The number of aryl methyl sites for hydroxylation is 1. The van der Waals surface area contributed by atoms with Crippen LogP contribution < -0.4 is 5.32 Å². The fraction of sp³-hybridized carbons (Fsp3) is 0.375. The third-order valence-corrected chi connectivity index (χ3v) is 6.80. The summed E-state index contributed by atoms with van der Waals surface area (Å²) in [5, 5.41) is 21.1. The molecule has 3 aromatic rings. The maximum atomic E-state index is 11.3. The second kappa shape index (κ2) is 10.5. The number of hydrogen-bond donors (Lipinski definition) is 2. The third-order valence-electron chi connectivity index (χ3n) is 5.67. The molecule has 1 saturated heterocycles. The number of aliphatic hydroxyl groups is 1. The van der Waals surface area contributed by atoms with Gasteiger partial charge in [-0.2, -0.15) is 0 Å². The molecule has 4 unspecified atom stereocenters. The van der Waals surface area contributed by atoms with Crippen LogP contribution in [0.5, 0.6) is 0 Å². The third kappa shape index (κ3) is 5.62. The summed E-state index contributed by atoms with van der Waals surface area (Å²) in [6.45, 7) is 3.61. The second-order valence-electron chi connectivity index (χ2n) is 8.16. The van der Waals surface area contributed by atoms with E-state index in [1.165, 1.54) is 6.92 Å². The number of hydrogen-bond acceptors (Lipinski definition) is 7. The molecule has 8 nitrogen and oxygen atoms in total. The number of amides is 1. The Labute approximate surface area is 197 Å². The number of thioether (sulfide) groups is 1. The number of aromatic nitrogens is 3. The van der Waals surface area contributed by atoms with E-state index in [-0.39, 0.29) is 30.6 Å². The number of aliphatic hydroxyl groups excluding tert-OH is 1. The lowest BCUT2D eigenvalue weighted by Gasteiger charge is -2.41. The van der Waals surface area contributed by atoms with Crippen LogP contribution in [-0.2, 0) is 27.9 Å². The second-order valence-corrected chi connectivity index (χ2v) is 9.15. The van der Waals surface area contributed by atoms with Crippen LogP contribution in [0.2, 0.25) is 0 Å². The molecule has 1 aliphatic heterocycles. The predicted molar refractivity (Wildman–Crippen MR) is 125 cm³/mol. The van der Waals surface area contributed by atoms with Crippen molar-refractivity contribution in [1.29, 1.82) is 0 Å². The summed E-state index contributed by atoms with van der Waals surface area (Å²) in [6, 6.07) is 15.3. The molecule has 174 valence electrons. The van der Waals surface area contributed by atoms with E-state index in [2.05, 4.69) is 22.4 Å². The number of ether oxygens (including phenoxy) is 2. The minimum atomic E-state index is -0.555. The van der Waals surface area contributed by atoms with Crippen molar-refractivity contribution in [2.24, 2.45) is 13.0 Å². The lowest BCUT2D eigenvalue weighted by atomic mass is 9.91. The zero-order valence-corrected chi connectivity index (χ0v) is 19.7. The van der Waals surface area contributed by atoms with Gasteiger partial charge in [-0.1, -0.05) is 55.1 Å². The van der Waals surface area contributed by atoms with Crippen molar-refractivity contribution in [3.8, 4) is 0 Å². The Balaban J connectivity index is 1.57. The van der Waals surface area contributed by atoms with Gasteiger partial charge >= 0.3 is 0 Å². The van der Waals surface area contributed by atoms with Gasteiger partial charge in [0.1, 0.15) is 6.33 Å². The van der Waals surface area contributed by atoms with Gasteiger partial charge in [0.25, 0.3) is 0 Å². The van der Waals surface area contributed by atoms with Gasteiger partial charge in [-0.15, -0.1) is 10.2 Å². The van der Waals surface area contributed by atoms with E-state index < -0.39 is 6.29 Å². The molecule has 1 fully saturated rings. The lowest BCUT2D eigenvalue weighted by molar-refractivity contribution is -0.268. The molecule has 1 amide bonds. The van der Waals surface area contributed by atoms with Crippen LogP contribution in [-0.4, -0.2) is 37.6 Å². The highest BCUT2D eigenvalue weighted by molar-refractivity contribution is 7.99. The first-order chi connectivity index (χ1) is 15.9. The summed E-state index contributed by atoms with van der Waals surface area (Å²) in [4.78, 5) is 11.3. The van der Waals surface area contributed by atoms with Gasteiger partial charge < -0.3 is 24.5 Å². The van der Waals surface area contributed by atoms with E-state index in [9.17, 15) is 9.90 Å². The molecule has 4 rings (SSSR count). The first-order valence-corrected chi connectivity index (χ1v) is 11.8. The van der Waals surface area contributed by atoms with Gasteiger partial charge in [-0.3, -0.25) is 4.79 Å². The van der Waals surface area contributed by atoms with Crippen LogP contribution in [0.1, 0.15) is 42.9 Å². The summed E-state index contributed by atoms with van der Waals surface area (Å²) < 4.78 is 14.7. The van der Waals surface area contributed by atoms with Crippen molar-refractivity contribution in [3.05, 3.63) is 71.5 Å². The number of rotatable bonds is 7. The highest BCUT2D eigenvalue weighted by atomic mass is 32.2. The minimum Gasteiger partial charge on any atom is -0.392 e. The van der Waals surface area contributed by atoms with Gasteiger partial charge in [0.15, 0.2) is 11.4 Å². The molecule has 2 N–H and O–H groups in total. The molecule has 0 aliphatic carbocycles. The van der Waals surface area contributed by atoms with Gasteiger partial charge in [-0.05, 0) is 23.3 Å². The Morgan fingerprint density at radius 1 is 1.12 bits per heavy atom. The zero-order valence-electron chi connectivity index (χ0n) is 18.8. The quantitative estimate of drug-likeness (QED) is 0.508. The number of benzene rings is 2. The molecular weight excluding hydrogens is 440 g/mol. The Kier molecular flexibility index (Phi) is 7.44. The first kappa shape index (κ1) is 23.4. The first-order valence-electron chi connectivity index (χ1n) is 10.8. The zero-order chi connectivity index (χ0) is 23.4. The van der Waals surface area contributed by atoms with E-state index in [4.69, 9.17) is 9.47 Å². The molecule has 0 spiro atoms. The fourth-order valence-electron chi connectivity index (χ4n) is 3.80. The van der Waals surface area contributed by atoms with Crippen LogP contribution in [0.25, 0.3) is 0 Å². The number of carbonyl (C=O) groups is 1. The normalized spacial score (nSPS) is 22.8. The van der Waals surface area contributed by atoms with Crippen LogP contribution in [0.4, 0.5) is 5.69 Å². The van der Waals surface area contributed by atoms with Crippen molar-refractivity contribution >= 4 is 23.4 Å². The smallest absolute Gasteiger partial charge is 0.221 e. The molecule has 2 heterocycles. The maximum Gasteiger partial charge on any atom is 0.221 e. The average Bonchev–Trinajstić information content (AvgIpc) is 3.23. The lowest BCUT2D eigenvalue weighted by Crippen LogP contribution is -2.38. The van der Waals surface area contributed by atoms with Crippen LogP contribution in [0.3, 0.4) is 0 Å². The number of carbonyl (C=O) groups excluding carboxylic acids is 1. The molecule has 0 radical (unpaired) electrons. The predicted octanol–water partition coefficient (Wildman–Crippen LogP) is 3.85. The van der Waals surface area contributed by atoms with E-state index in [0.29, 0.717) is 5.75 Å². The van der Waals surface area contributed by atoms with Crippen molar-refractivity contribution in [2.45, 2.75) is 44.1 Å². The largest absolute Gasteiger partial charge is 0.392 e. The van der Waals surface area contributed by atoms with Crippen LogP contribution in [0, 0.1) is 5.92 Å². The Bertz CT molecular complexity index is 1070. The van der Waals surface area contributed by atoms with Crippen molar-refractivity contribution < 1.29 is 19.4 Å². The highest BCUT2D eigenvalue weighted by Crippen LogP contribution is 2.43. The summed E-state index contributed by atoms with van der Waals surface area (Å²) in [5.74, 6) is 0.664. The van der Waals surface area contributed by atoms with Crippen LogP contribution >= 0.6 is 11.8 Å². The van der Waals surface area contributed by atoms with E-state index in [1.807, 2.05) is 60.1 Å². The Morgan fingerprint density at radius 3 is 2.42 bits per heavy atom. The Morgan fingerprint density at radius 2 is 1.82 bits per heavy atom. The molecule has 1 aliphatic rings. The van der Waals surface area contributed by atoms with Gasteiger partial charge in [0, 0.05) is 36.9 Å². The molecule has 1 aromatic heterocycles. The molecular formula is C24H28N4O4S. The summed E-state index contributed by atoms with van der Waals surface area (Å²) in [5.41, 5.74) is 3.50. The van der Waals surface area contributed by atoms with Gasteiger partial charge in [0.05, 0.1) is 18.8 Å². The number of anilines is 1. The fourth-order valence-corrected chi connectivity index (χ4v) is 4.85. The van der Waals surface area contributed by atoms with E-state index >= 15 is 0 Å². The van der Waals surface area contributed by atoms with Crippen LogP contribution in [0.15, 0.2) is 60.0 Å². The SMILES string of the molecule is CC(=O)Nc1ccc(C2OC(CSc3nncn3C)C(C)C(c3ccc(CO)cc3)O2)cc1. The molecule has 33 heavy (non-hydrogen) atoms. The standard InChI is InChI=1S/C24H28N4O4S/c1-15-21(13-33-24-27-25-14-28(24)3)31-23(19-8-10-20(11-9-19)26-16(2)30)32-22(15)18-6-4-17(12-29)5-7-18/h4-11,14-15,21-23,29H,12-13H2,1-3H3,(H,26,30). The summed E-state index contributed by atoms with van der Waals surface area (Å²) >= 11 is 1.60.